The van der Waals surface area contributed by atoms with Crippen molar-refractivity contribution >= 4 is 21.6 Å². The molecule has 0 aliphatic rings. The van der Waals surface area contributed by atoms with Crippen LogP contribution in [0.3, 0.4) is 0 Å². The average Bonchev–Trinajstić information content (AvgIpc) is 2.46. The van der Waals surface area contributed by atoms with Crippen LogP contribution >= 0.6 is 15.9 Å². The minimum absolute atomic E-state index is 0.864. The maximum absolute atomic E-state index is 4.37. The molecule has 0 fully saturated rings. The molecule has 1 aromatic heterocycles. The lowest BCUT2D eigenvalue weighted by molar-refractivity contribution is 0.797. The highest BCUT2D eigenvalue weighted by atomic mass is 79.9. The number of hydrogen-bond donors (Lipinski definition) is 1. The summed E-state index contributed by atoms with van der Waals surface area (Å²) in [7, 11) is 4.10. The third kappa shape index (κ3) is 4.05. The lowest BCUT2D eigenvalue weighted by Crippen LogP contribution is -2.23. The zero-order valence-electron chi connectivity index (χ0n) is 11.9. The van der Waals surface area contributed by atoms with Crippen molar-refractivity contribution in [2.45, 2.75) is 13.0 Å². The SMILES string of the molecule is CNCc1cc(Br)ccc1N(C)CCc1ccccn1. The van der Waals surface area contributed by atoms with Gasteiger partial charge in [-0.3, -0.25) is 4.98 Å². The van der Waals surface area contributed by atoms with Crippen LogP contribution in [0, 0.1) is 0 Å². The lowest BCUT2D eigenvalue weighted by atomic mass is 10.1. The van der Waals surface area contributed by atoms with E-state index in [1.54, 1.807) is 0 Å². The second-order valence-electron chi connectivity index (χ2n) is 4.80. The van der Waals surface area contributed by atoms with Crippen molar-refractivity contribution in [3.05, 3.63) is 58.3 Å². The summed E-state index contributed by atoms with van der Waals surface area (Å²) in [6, 6.07) is 12.5. The van der Waals surface area contributed by atoms with Crippen LogP contribution in [0.25, 0.3) is 0 Å². The molecule has 4 heteroatoms. The zero-order chi connectivity index (χ0) is 14.4. The normalized spacial score (nSPS) is 10.6. The molecule has 0 radical (unpaired) electrons. The molecule has 2 rings (SSSR count). The third-order valence-electron chi connectivity index (χ3n) is 3.25. The average molecular weight is 334 g/mol. The Morgan fingerprint density at radius 3 is 2.80 bits per heavy atom. The highest BCUT2D eigenvalue weighted by Gasteiger charge is 2.08. The fraction of sp³-hybridized carbons (Fsp3) is 0.312. The van der Waals surface area contributed by atoms with Crippen molar-refractivity contribution in [3.63, 3.8) is 0 Å². The third-order valence-corrected chi connectivity index (χ3v) is 3.74. The van der Waals surface area contributed by atoms with E-state index < -0.39 is 0 Å². The number of hydrogen-bond acceptors (Lipinski definition) is 3. The number of nitrogens with one attached hydrogen (secondary N) is 1. The number of nitrogens with zero attached hydrogens (tertiary/aromatic N) is 2. The van der Waals surface area contributed by atoms with E-state index in [0.717, 1.165) is 29.7 Å². The van der Waals surface area contributed by atoms with Crippen LogP contribution in [0.2, 0.25) is 0 Å². The Morgan fingerprint density at radius 2 is 2.10 bits per heavy atom. The van der Waals surface area contributed by atoms with Crippen LogP contribution in [0.1, 0.15) is 11.3 Å². The van der Waals surface area contributed by atoms with E-state index >= 15 is 0 Å². The molecule has 0 amide bonds. The van der Waals surface area contributed by atoms with Crippen molar-refractivity contribution < 1.29 is 0 Å². The Bertz CT molecular complexity index is 543. The van der Waals surface area contributed by atoms with Gasteiger partial charge in [0.05, 0.1) is 0 Å². The number of halogens is 1. The monoisotopic (exact) mass is 333 g/mol. The van der Waals surface area contributed by atoms with E-state index in [1.165, 1.54) is 11.3 Å². The van der Waals surface area contributed by atoms with Crippen molar-refractivity contribution in [2.24, 2.45) is 0 Å². The van der Waals surface area contributed by atoms with Crippen LogP contribution in [0.5, 0.6) is 0 Å². The molecule has 0 saturated carbocycles. The van der Waals surface area contributed by atoms with Gasteiger partial charge in [0.2, 0.25) is 0 Å². The molecule has 1 heterocycles. The molecule has 1 N–H and O–H groups in total. The van der Waals surface area contributed by atoms with Gasteiger partial charge in [-0.25, -0.2) is 0 Å². The molecule has 0 aliphatic carbocycles. The van der Waals surface area contributed by atoms with Gasteiger partial charge in [-0.15, -0.1) is 0 Å². The van der Waals surface area contributed by atoms with Crippen LogP contribution in [-0.2, 0) is 13.0 Å². The van der Waals surface area contributed by atoms with Gasteiger partial charge in [0, 0.05) is 48.6 Å². The Balaban J connectivity index is 2.06. The Morgan fingerprint density at radius 1 is 1.25 bits per heavy atom. The van der Waals surface area contributed by atoms with Crippen molar-refractivity contribution in [1.82, 2.24) is 10.3 Å². The predicted molar refractivity (Wildman–Crippen MR) is 88.1 cm³/mol. The second-order valence-corrected chi connectivity index (χ2v) is 5.71. The second kappa shape index (κ2) is 7.41. The minimum atomic E-state index is 0.864. The quantitative estimate of drug-likeness (QED) is 0.879. The van der Waals surface area contributed by atoms with E-state index in [9.17, 15) is 0 Å². The first-order chi connectivity index (χ1) is 9.70. The van der Waals surface area contributed by atoms with Gasteiger partial charge in [-0.2, -0.15) is 0 Å². The smallest absolute Gasteiger partial charge is 0.0421 e. The number of pyridine rings is 1. The maximum Gasteiger partial charge on any atom is 0.0421 e. The highest BCUT2D eigenvalue weighted by molar-refractivity contribution is 9.10. The topological polar surface area (TPSA) is 28.2 Å². The minimum Gasteiger partial charge on any atom is -0.374 e. The molecule has 20 heavy (non-hydrogen) atoms. The summed E-state index contributed by atoms with van der Waals surface area (Å²) in [5.41, 5.74) is 3.69. The van der Waals surface area contributed by atoms with E-state index in [4.69, 9.17) is 0 Å². The Hall–Kier alpha value is -1.39. The Kier molecular flexibility index (Phi) is 5.56. The molecule has 106 valence electrons. The van der Waals surface area contributed by atoms with Crippen LogP contribution < -0.4 is 10.2 Å². The molecule has 0 unspecified atom stereocenters. The van der Waals surface area contributed by atoms with Crippen molar-refractivity contribution in [1.29, 1.82) is 0 Å². The van der Waals surface area contributed by atoms with Crippen molar-refractivity contribution in [3.8, 4) is 0 Å². The predicted octanol–water partition coefficient (Wildman–Crippen LogP) is 3.24. The van der Waals surface area contributed by atoms with E-state index in [0.29, 0.717) is 0 Å². The molecule has 1 aromatic carbocycles. The molecular weight excluding hydrogens is 314 g/mol. The van der Waals surface area contributed by atoms with Gasteiger partial charge in [-0.1, -0.05) is 22.0 Å². The number of anilines is 1. The maximum atomic E-state index is 4.37. The van der Waals surface area contributed by atoms with Gasteiger partial charge in [0.15, 0.2) is 0 Å². The molecule has 0 spiro atoms. The van der Waals surface area contributed by atoms with Crippen molar-refractivity contribution in [2.75, 3.05) is 25.5 Å². The van der Waals surface area contributed by atoms with Gasteiger partial charge >= 0.3 is 0 Å². The standard InChI is InChI=1S/C16H20BrN3/c1-18-12-13-11-14(17)6-7-16(13)20(2)10-8-15-5-3-4-9-19-15/h3-7,9,11,18H,8,10,12H2,1-2H3. The first kappa shape index (κ1) is 15.0. The number of benzene rings is 1. The summed E-state index contributed by atoms with van der Waals surface area (Å²) in [5, 5.41) is 3.22. The highest BCUT2D eigenvalue weighted by Crippen LogP contribution is 2.24. The lowest BCUT2D eigenvalue weighted by Gasteiger charge is -2.22. The summed E-state index contributed by atoms with van der Waals surface area (Å²) < 4.78 is 1.12. The fourth-order valence-corrected chi connectivity index (χ4v) is 2.62. The summed E-state index contributed by atoms with van der Waals surface area (Å²) in [5.74, 6) is 0. The molecule has 0 saturated heterocycles. The van der Waals surface area contributed by atoms with Gasteiger partial charge in [0.25, 0.3) is 0 Å². The van der Waals surface area contributed by atoms with Gasteiger partial charge in [0.1, 0.15) is 0 Å². The molecular formula is C16H20BrN3. The summed E-state index contributed by atoms with van der Waals surface area (Å²) >= 11 is 3.53. The summed E-state index contributed by atoms with van der Waals surface area (Å²) in [4.78, 5) is 6.66. The number of aromatic nitrogens is 1. The largest absolute Gasteiger partial charge is 0.374 e. The number of likely N-dealkylation sites (N-methyl/N-ethyl adjacent to an activating group) is 1. The van der Waals surface area contributed by atoms with E-state index in [-0.39, 0.29) is 0 Å². The molecule has 0 bridgehead atoms. The van der Waals surface area contributed by atoms with Crippen LogP contribution in [0.4, 0.5) is 5.69 Å². The molecule has 0 atom stereocenters. The Labute approximate surface area is 129 Å². The first-order valence-electron chi connectivity index (χ1n) is 6.75. The van der Waals surface area contributed by atoms with E-state index in [2.05, 4.69) is 62.4 Å². The van der Waals surface area contributed by atoms with Gasteiger partial charge < -0.3 is 10.2 Å². The summed E-state index contributed by atoms with van der Waals surface area (Å²) in [6.45, 7) is 1.82. The van der Waals surface area contributed by atoms with Gasteiger partial charge in [-0.05, 0) is 42.9 Å². The fourth-order valence-electron chi connectivity index (χ4n) is 2.21. The molecule has 0 aliphatic heterocycles. The van der Waals surface area contributed by atoms with E-state index in [1.807, 2.05) is 25.4 Å². The zero-order valence-corrected chi connectivity index (χ0v) is 13.5. The molecule has 3 nitrogen and oxygen atoms in total. The summed E-state index contributed by atoms with van der Waals surface area (Å²) in [6.07, 6.45) is 2.80. The first-order valence-corrected chi connectivity index (χ1v) is 7.54. The van der Waals surface area contributed by atoms with Crippen LogP contribution in [0.15, 0.2) is 47.1 Å². The molecule has 2 aromatic rings. The number of rotatable bonds is 6. The van der Waals surface area contributed by atoms with Crippen LogP contribution in [-0.4, -0.2) is 25.6 Å².